The molecule has 0 radical (unpaired) electrons. The van der Waals surface area contributed by atoms with Gasteiger partial charge in [0.15, 0.2) is 0 Å². The van der Waals surface area contributed by atoms with E-state index in [1.807, 2.05) is 12.3 Å². The number of hydrogen-bond acceptors (Lipinski definition) is 3. The summed E-state index contributed by atoms with van der Waals surface area (Å²) in [4.78, 5) is 6.86. The van der Waals surface area contributed by atoms with Gasteiger partial charge in [-0.2, -0.15) is 0 Å². The number of pyridine rings is 1. The molecule has 1 aromatic carbocycles. The summed E-state index contributed by atoms with van der Waals surface area (Å²) in [6.07, 6.45) is 3.10. The third-order valence-corrected chi connectivity index (χ3v) is 3.78. The number of aromatic nitrogens is 1. The topological polar surface area (TPSA) is 28.2 Å². The van der Waals surface area contributed by atoms with Gasteiger partial charge in [-0.3, -0.25) is 4.98 Å². The fourth-order valence-electron chi connectivity index (χ4n) is 2.50. The van der Waals surface area contributed by atoms with Crippen molar-refractivity contribution in [2.24, 2.45) is 0 Å². The van der Waals surface area contributed by atoms with Gasteiger partial charge in [0.25, 0.3) is 0 Å². The zero-order chi connectivity index (χ0) is 14.2. The van der Waals surface area contributed by atoms with E-state index in [-0.39, 0.29) is 0 Å². The van der Waals surface area contributed by atoms with Crippen LogP contribution in [-0.4, -0.2) is 36.1 Å². The smallest absolute Gasteiger partial charge is 0.0705 e. The molecule has 1 heterocycles. The van der Waals surface area contributed by atoms with Crippen LogP contribution < -0.4 is 5.32 Å². The van der Waals surface area contributed by atoms with Gasteiger partial charge in [0.1, 0.15) is 0 Å². The summed E-state index contributed by atoms with van der Waals surface area (Å²) in [6, 6.07) is 10.4. The molecule has 0 saturated heterocycles. The van der Waals surface area contributed by atoms with Crippen LogP contribution in [0.4, 0.5) is 0 Å². The Hall–Kier alpha value is -1.45. The molecule has 0 aliphatic carbocycles. The van der Waals surface area contributed by atoms with E-state index in [2.05, 4.69) is 53.3 Å². The van der Waals surface area contributed by atoms with Gasteiger partial charge in [-0.05, 0) is 50.3 Å². The van der Waals surface area contributed by atoms with Crippen LogP contribution >= 0.6 is 0 Å². The average molecular weight is 271 g/mol. The normalized spacial score (nSPS) is 11.3. The fourth-order valence-corrected chi connectivity index (χ4v) is 2.50. The van der Waals surface area contributed by atoms with Crippen LogP contribution in [0, 0.1) is 0 Å². The Balaban J connectivity index is 1.81. The molecule has 3 heteroatoms. The third kappa shape index (κ3) is 4.02. The van der Waals surface area contributed by atoms with Crippen molar-refractivity contribution in [2.75, 3.05) is 26.2 Å². The number of fused-ring (bicyclic) bond motifs is 1. The van der Waals surface area contributed by atoms with Crippen molar-refractivity contribution in [1.82, 2.24) is 15.2 Å². The number of rotatable bonds is 8. The standard InChI is InChI=1S/C17H25N3/c1-3-20(4-2)13-7-11-18-14-15-10-12-19-17-9-6-5-8-16(15)17/h5-6,8-10,12,18H,3-4,7,11,13-14H2,1-2H3. The lowest BCUT2D eigenvalue weighted by molar-refractivity contribution is 0.298. The van der Waals surface area contributed by atoms with Crippen molar-refractivity contribution < 1.29 is 0 Å². The second-order valence-corrected chi connectivity index (χ2v) is 5.04. The van der Waals surface area contributed by atoms with Gasteiger partial charge in [-0.25, -0.2) is 0 Å². The number of benzene rings is 1. The number of para-hydroxylation sites is 1. The first-order chi connectivity index (χ1) is 9.85. The zero-order valence-electron chi connectivity index (χ0n) is 12.6. The molecule has 1 N–H and O–H groups in total. The van der Waals surface area contributed by atoms with Crippen molar-refractivity contribution in [2.45, 2.75) is 26.8 Å². The minimum absolute atomic E-state index is 0.918. The van der Waals surface area contributed by atoms with E-state index < -0.39 is 0 Å². The highest BCUT2D eigenvalue weighted by Gasteiger charge is 2.01. The molecule has 0 atom stereocenters. The molecular weight excluding hydrogens is 246 g/mol. The highest BCUT2D eigenvalue weighted by molar-refractivity contribution is 5.81. The minimum Gasteiger partial charge on any atom is -0.313 e. The van der Waals surface area contributed by atoms with Crippen LogP contribution in [0.2, 0.25) is 0 Å². The van der Waals surface area contributed by atoms with Gasteiger partial charge in [0, 0.05) is 18.1 Å². The second-order valence-electron chi connectivity index (χ2n) is 5.04. The zero-order valence-corrected chi connectivity index (χ0v) is 12.6. The van der Waals surface area contributed by atoms with E-state index >= 15 is 0 Å². The van der Waals surface area contributed by atoms with Gasteiger partial charge in [-0.1, -0.05) is 32.0 Å². The molecule has 1 aromatic heterocycles. The molecular formula is C17H25N3. The Labute approximate surface area is 122 Å². The SMILES string of the molecule is CCN(CC)CCCNCc1ccnc2ccccc12. The number of nitrogens with one attached hydrogen (secondary N) is 1. The fraction of sp³-hybridized carbons (Fsp3) is 0.471. The summed E-state index contributed by atoms with van der Waals surface area (Å²) in [7, 11) is 0. The molecule has 2 rings (SSSR count). The predicted octanol–water partition coefficient (Wildman–Crippen LogP) is 3.06. The quantitative estimate of drug-likeness (QED) is 0.748. The molecule has 3 nitrogen and oxygen atoms in total. The lowest BCUT2D eigenvalue weighted by atomic mass is 10.1. The summed E-state index contributed by atoms with van der Waals surface area (Å²) in [5.74, 6) is 0. The molecule has 0 saturated carbocycles. The first kappa shape index (κ1) is 14.9. The van der Waals surface area contributed by atoms with Gasteiger partial charge >= 0.3 is 0 Å². The Kier molecular flexibility index (Phi) is 5.96. The maximum Gasteiger partial charge on any atom is 0.0705 e. The molecule has 0 spiro atoms. The van der Waals surface area contributed by atoms with Crippen molar-refractivity contribution in [1.29, 1.82) is 0 Å². The molecule has 2 aromatic rings. The molecule has 0 fully saturated rings. The van der Waals surface area contributed by atoms with Gasteiger partial charge in [-0.15, -0.1) is 0 Å². The molecule has 0 amide bonds. The van der Waals surface area contributed by atoms with Crippen LogP contribution in [0.5, 0.6) is 0 Å². The summed E-state index contributed by atoms with van der Waals surface area (Å²) in [5.41, 5.74) is 2.41. The van der Waals surface area contributed by atoms with Gasteiger partial charge in [0.2, 0.25) is 0 Å². The molecule has 108 valence electrons. The van der Waals surface area contributed by atoms with Crippen molar-refractivity contribution >= 4 is 10.9 Å². The number of hydrogen-bond donors (Lipinski definition) is 1. The van der Waals surface area contributed by atoms with E-state index in [1.165, 1.54) is 23.9 Å². The molecule has 0 aliphatic rings. The van der Waals surface area contributed by atoms with Crippen LogP contribution in [0.1, 0.15) is 25.8 Å². The van der Waals surface area contributed by atoms with Crippen LogP contribution in [-0.2, 0) is 6.54 Å². The maximum absolute atomic E-state index is 4.40. The van der Waals surface area contributed by atoms with Gasteiger partial charge < -0.3 is 10.2 Å². The summed E-state index contributed by atoms with van der Waals surface area (Å²) >= 11 is 0. The highest BCUT2D eigenvalue weighted by Crippen LogP contribution is 2.15. The number of nitrogens with zero attached hydrogens (tertiary/aromatic N) is 2. The van der Waals surface area contributed by atoms with Crippen LogP contribution in [0.3, 0.4) is 0 Å². The Morgan fingerprint density at radius 3 is 2.70 bits per heavy atom. The third-order valence-electron chi connectivity index (χ3n) is 3.78. The largest absolute Gasteiger partial charge is 0.313 e. The molecule has 0 bridgehead atoms. The Bertz CT molecular complexity index is 515. The van der Waals surface area contributed by atoms with E-state index in [1.54, 1.807) is 0 Å². The summed E-state index contributed by atoms with van der Waals surface area (Å²) in [6.45, 7) is 9.89. The molecule has 20 heavy (non-hydrogen) atoms. The molecule has 0 aliphatic heterocycles. The second kappa shape index (κ2) is 7.98. The summed E-state index contributed by atoms with van der Waals surface area (Å²) in [5, 5.41) is 4.80. The van der Waals surface area contributed by atoms with E-state index in [9.17, 15) is 0 Å². The monoisotopic (exact) mass is 271 g/mol. The van der Waals surface area contributed by atoms with Crippen molar-refractivity contribution in [3.05, 3.63) is 42.1 Å². The van der Waals surface area contributed by atoms with Crippen LogP contribution in [0.15, 0.2) is 36.5 Å². The van der Waals surface area contributed by atoms with Crippen LogP contribution in [0.25, 0.3) is 10.9 Å². The lowest BCUT2D eigenvalue weighted by Gasteiger charge is -2.17. The van der Waals surface area contributed by atoms with E-state index in [4.69, 9.17) is 0 Å². The minimum atomic E-state index is 0.918. The van der Waals surface area contributed by atoms with Gasteiger partial charge in [0.05, 0.1) is 5.52 Å². The van der Waals surface area contributed by atoms with Crippen molar-refractivity contribution in [3.63, 3.8) is 0 Å². The highest BCUT2D eigenvalue weighted by atomic mass is 15.1. The van der Waals surface area contributed by atoms with E-state index in [0.29, 0.717) is 0 Å². The van der Waals surface area contributed by atoms with E-state index in [0.717, 1.165) is 31.7 Å². The average Bonchev–Trinajstić information content (AvgIpc) is 2.51. The Morgan fingerprint density at radius 1 is 1.10 bits per heavy atom. The van der Waals surface area contributed by atoms with Crippen molar-refractivity contribution in [3.8, 4) is 0 Å². The lowest BCUT2D eigenvalue weighted by Crippen LogP contribution is -2.27. The predicted molar refractivity (Wildman–Crippen MR) is 85.9 cm³/mol. The molecule has 0 unspecified atom stereocenters. The summed E-state index contributed by atoms with van der Waals surface area (Å²) < 4.78 is 0. The Morgan fingerprint density at radius 2 is 1.90 bits per heavy atom. The first-order valence-corrected chi connectivity index (χ1v) is 7.60. The maximum atomic E-state index is 4.40. The first-order valence-electron chi connectivity index (χ1n) is 7.60.